The number of ether oxygens (including phenoxy) is 2. The van der Waals surface area contributed by atoms with E-state index in [0.29, 0.717) is 23.4 Å². The molecule has 6 heteroatoms. The number of hydrogen-bond donors (Lipinski definition) is 1. The largest absolute Gasteiger partial charge is 0.363 e. The number of aromatic nitrogens is 1. The lowest BCUT2D eigenvalue weighted by Gasteiger charge is -2.35. The number of benzene rings is 2. The maximum Gasteiger partial charge on any atom is 0.280 e. The average molecular weight is 431 g/mol. The number of fused-ring (bicyclic) bond motifs is 1. The van der Waals surface area contributed by atoms with Crippen molar-refractivity contribution < 1.29 is 19.4 Å². The number of hydrogen-bond acceptors (Lipinski definition) is 5. The molecule has 1 fully saturated rings. The van der Waals surface area contributed by atoms with E-state index < -0.39 is 5.72 Å². The molecule has 3 heterocycles. The molecular formula is C26H26N2O4. The van der Waals surface area contributed by atoms with Gasteiger partial charge in [-0.1, -0.05) is 35.9 Å². The summed E-state index contributed by atoms with van der Waals surface area (Å²) in [4.78, 5) is 19.1. The Hall–Kier alpha value is -3.06. The van der Waals surface area contributed by atoms with E-state index in [1.807, 2.05) is 55.5 Å². The van der Waals surface area contributed by atoms with Gasteiger partial charge in [0.25, 0.3) is 5.91 Å². The number of amides is 1. The second-order valence-corrected chi connectivity index (χ2v) is 8.36. The highest BCUT2D eigenvalue weighted by Crippen LogP contribution is 2.44. The van der Waals surface area contributed by atoms with Crippen LogP contribution in [0.1, 0.15) is 52.0 Å². The van der Waals surface area contributed by atoms with Crippen molar-refractivity contribution >= 4 is 11.6 Å². The van der Waals surface area contributed by atoms with E-state index in [1.165, 1.54) is 4.90 Å². The molecule has 2 aliphatic heterocycles. The molecule has 0 radical (unpaired) electrons. The Balaban J connectivity index is 1.56. The minimum absolute atomic E-state index is 0.199. The zero-order valence-electron chi connectivity index (χ0n) is 18.0. The molecule has 0 spiro atoms. The van der Waals surface area contributed by atoms with Gasteiger partial charge in [0.1, 0.15) is 5.69 Å². The molecule has 5 rings (SSSR count). The van der Waals surface area contributed by atoms with Crippen molar-refractivity contribution in [1.29, 1.82) is 0 Å². The number of anilines is 1. The molecule has 2 atom stereocenters. The van der Waals surface area contributed by atoms with Gasteiger partial charge in [-0.05, 0) is 62.1 Å². The molecule has 1 saturated heterocycles. The molecule has 1 aromatic heterocycles. The number of carbonyl (C=O) groups is 1. The molecule has 32 heavy (non-hydrogen) atoms. The van der Waals surface area contributed by atoms with Crippen molar-refractivity contribution in [3.8, 4) is 0 Å². The Labute approximate surface area is 187 Å². The first-order valence-corrected chi connectivity index (χ1v) is 11.0. The van der Waals surface area contributed by atoms with E-state index in [-0.39, 0.29) is 17.9 Å². The summed E-state index contributed by atoms with van der Waals surface area (Å²) < 4.78 is 11.7. The average Bonchev–Trinajstić information content (AvgIpc) is 3.06. The molecule has 1 N–H and O–H groups in total. The maximum absolute atomic E-state index is 13.4. The van der Waals surface area contributed by atoms with E-state index in [9.17, 15) is 9.90 Å². The molecule has 6 nitrogen and oxygen atoms in total. The summed E-state index contributed by atoms with van der Waals surface area (Å²) in [5, 5.41) is 12.2. The highest BCUT2D eigenvalue weighted by Gasteiger charge is 2.51. The van der Waals surface area contributed by atoms with Crippen molar-refractivity contribution in [1.82, 2.24) is 4.98 Å². The van der Waals surface area contributed by atoms with Crippen LogP contribution in [-0.4, -0.2) is 28.9 Å². The lowest BCUT2D eigenvalue weighted by atomic mass is 9.92. The van der Waals surface area contributed by atoms with Gasteiger partial charge in [-0.2, -0.15) is 0 Å². The normalized spacial score (nSPS) is 22.8. The number of rotatable bonds is 5. The predicted octanol–water partition coefficient (Wildman–Crippen LogP) is 4.29. The van der Waals surface area contributed by atoms with Crippen LogP contribution in [0.25, 0.3) is 0 Å². The summed E-state index contributed by atoms with van der Waals surface area (Å²) in [7, 11) is 0. The van der Waals surface area contributed by atoms with Gasteiger partial charge in [-0.25, -0.2) is 0 Å². The predicted molar refractivity (Wildman–Crippen MR) is 120 cm³/mol. The van der Waals surface area contributed by atoms with Crippen LogP contribution in [0.3, 0.4) is 0 Å². The minimum Gasteiger partial charge on any atom is -0.363 e. The Morgan fingerprint density at radius 1 is 1.16 bits per heavy atom. The number of carbonyl (C=O) groups excluding carboxylic acids is 1. The minimum atomic E-state index is -1.68. The Morgan fingerprint density at radius 2 is 2.00 bits per heavy atom. The lowest BCUT2D eigenvalue weighted by molar-refractivity contribution is -0.168. The van der Waals surface area contributed by atoms with Crippen molar-refractivity contribution in [2.24, 2.45) is 0 Å². The van der Waals surface area contributed by atoms with Crippen LogP contribution in [0.15, 0.2) is 66.9 Å². The highest BCUT2D eigenvalue weighted by atomic mass is 16.7. The van der Waals surface area contributed by atoms with Crippen LogP contribution in [-0.2, 0) is 21.8 Å². The van der Waals surface area contributed by atoms with E-state index in [4.69, 9.17) is 9.47 Å². The summed E-state index contributed by atoms with van der Waals surface area (Å²) in [5.74, 6) is -0.329. The van der Waals surface area contributed by atoms with Crippen LogP contribution in [0.5, 0.6) is 0 Å². The fraction of sp³-hybridized carbons (Fsp3) is 0.308. The second kappa shape index (κ2) is 8.47. The number of aryl methyl sites for hydroxylation is 1. The first kappa shape index (κ1) is 20.8. The van der Waals surface area contributed by atoms with Crippen molar-refractivity contribution in [2.45, 2.75) is 44.8 Å². The molecule has 2 aliphatic rings. The van der Waals surface area contributed by atoms with Gasteiger partial charge < -0.3 is 14.6 Å². The molecule has 164 valence electrons. The molecule has 2 aromatic carbocycles. The third-order valence-corrected chi connectivity index (χ3v) is 6.04. The zero-order valence-corrected chi connectivity index (χ0v) is 18.0. The van der Waals surface area contributed by atoms with Gasteiger partial charge in [0.05, 0.1) is 6.61 Å². The fourth-order valence-corrected chi connectivity index (χ4v) is 4.57. The van der Waals surface area contributed by atoms with Crippen LogP contribution < -0.4 is 4.90 Å². The molecule has 2 unspecified atom stereocenters. The van der Waals surface area contributed by atoms with E-state index >= 15 is 0 Å². The summed E-state index contributed by atoms with van der Waals surface area (Å²) in [5.41, 5.74) is 2.15. The van der Waals surface area contributed by atoms with Crippen molar-refractivity contribution in [3.63, 3.8) is 0 Å². The van der Waals surface area contributed by atoms with Crippen LogP contribution in [0, 0.1) is 6.92 Å². The van der Waals surface area contributed by atoms with Gasteiger partial charge in [0.15, 0.2) is 12.0 Å². The van der Waals surface area contributed by atoms with Gasteiger partial charge in [0.2, 0.25) is 0 Å². The molecule has 0 saturated carbocycles. The topological polar surface area (TPSA) is 71.9 Å². The first-order valence-electron chi connectivity index (χ1n) is 11.0. The monoisotopic (exact) mass is 430 g/mol. The van der Waals surface area contributed by atoms with Crippen molar-refractivity contribution in [3.05, 3.63) is 94.8 Å². The van der Waals surface area contributed by atoms with Crippen LogP contribution >= 0.6 is 0 Å². The maximum atomic E-state index is 13.4. The summed E-state index contributed by atoms with van der Waals surface area (Å²) >= 11 is 0. The standard InChI is InChI=1S/C26H26N2O4/c1-18-14-19(17-32-23-11-5-6-13-31-23)16-20(15-18)26(30)22-10-7-12-27-24(22)25(29)28(26)21-8-3-2-4-9-21/h2-4,7-10,12,14-16,23,30H,5-6,11,13,17H2,1H3. The summed E-state index contributed by atoms with van der Waals surface area (Å²) in [6.07, 6.45) is 4.43. The number of para-hydroxylation sites is 1. The quantitative estimate of drug-likeness (QED) is 0.654. The lowest BCUT2D eigenvalue weighted by Crippen LogP contribution is -2.45. The van der Waals surface area contributed by atoms with Gasteiger partial charge in [-0.3, -0.25) is 14.7 Å². The fourth-order valence-electron chi connectivity index (χ4n) is 4.57. The number of nitrogens with zero attached hydrogens (tertiary/aromatic N) is 2. The highest BCUT2D eigenvalue weighted by molar-refractivity contribution is 6.11. The third kappa shape index (κ3) is 3.60. The van der Waals surface area contributed by atoms with Gasteiger partial charge in [0, 0.05) is 29.6 Å². The molecule has 1 amide bonds. The Morgan fingerprint density at radius 3 is 2.78 bits per heavy atom. The van der Waals surface area contributed by atoms with Crippen molar-refractivity contribution in [2.75, 3.05) is 11.5 Å². The first-order chi connectivity index (χ1) is 15.6. The Bertz CT molecular complexity index is 1130. The zero-order chi connectivity index (χ0) is 22.1. The molecule has 0 aliphatic carbocycles. The SMILES string of the molecule is Cc1cc(COC2CCCCO2)cc(C2(O)c3cccnc3C(=O)N2c2ccccc2)c1. The van der Waals surface area contributed by atoms with Crippen LogP contribution in [0.2, 0.25) is 0 Å². The molecule has 0 bridgehead atoms. The summed E-state index contributed by atoms with van der Waals surface area (Å²) in [6.45, 7) is 3.07. The smallest absolute Gasteiger partial charge is 0.280 e. The molecular weight excluding hydrogens is 404 g/mol. The third-order valence-electron chi connectivity index (χ3n) is 6.04. The van der Waals surface area contributed by atoms with Gasteiger partial charge >= 0.3 is 0 Å². The number of aliphatic hydroxyl groups is 1. The second-order valence-electron chi connectivity index (χ2n) is 8.36. The Kier molecular flexibility index (Phi) is 5.51. The van der Waals surface area contributed by atoms with E-state index in [1.54, 1.807) is 18.3 Å². The van der Waals surface area contributed by atoms with Gasteiger partial charge in [-0.15, -0.1) is 0 Å². The molecule has 3 aromatic rings. The van der Waals surface area contributed by atoms with E-state index in [0.717, 1.165) is 37.0 Å². The van der Waals surface area contributed by atoms with Crippen LogP contribution in [0.4, 0.5) is 5.69 Å². The number of pyridine rings is 1. The summed E-state index contributed by atoms with van der Waals surface area (Å²) in [6, 6.07) is 18.5. The van der Waals surface area contributed by atoms with E-state index in [2.05, 4.69) is 4.98 Å².